The van der Waals surface area contributed by atoms with Crippen LogP contribution in [0.25, 0.3) is 0 Å². The highest BCUT2D eigenvalue weighted by Gasteiger charge is 2.35. The van der Waals surface area contributed by atoms with E-state index in [2.05, 4.69) is 28.1 Å². The van der Waals surface area contributed by atoms with E-state index in [-0.39, 0.29) is 5.41 Å². The fourth-order valence-electron chi connectivity index (χ4n) is 3.83. The Morgan fingerprint density at radius 2 is 1.69 bits per heavy atom. The van der Waals surface area contributed by atoms with Crippen LogP contribution in [0.4, 0.5) is 5.69 Å². The molecule has 1 aliphatic carbocycles. The minimum Gasteiger partial charge on any atom is -0.347 e. The SMILES string of the molecule is Cc1cccc(C)c1NC(=O)C(=O)NCC1(c2cccs2)CCCCC1. The van der Waals surface area contributed by atoms with E-state index in [1.165, 1.54) is 24.1 Å². The Bertz CT molecular complexity index is 757. The fraction of sp³-hybridized carbons (Fsp3) is 0.429. The molecule has 1 saturated carbocycles. The molecule has 0 saturated heterocycles. The first-order chi connectivity index (χ1) is 12.5. The number of amides is 2. The minimum atomic E-state index is -0.598. The van der Waals surface area contributed by atoms with Gasteiger partial charge in [0.05, 0.1) is 0 Å². The average Bonchev–Trinajstić information content (AvgIpc) is 3.19. The van der Waals surface area contributed by atoms with Crippen molar-refractivity contribution < 1.29 is 9.59 Å². The highest BCUT2D eigenvalue weighted by atomic mass is 32.1. The molecule has 2 aromatic rings. The summed E-state index contributed by atoms with van der Waals surface area (Å²) in [5.41, 5.74) is 2.60. The van der Waals surface area contributed by atoms with Gasteiger partial charge in [-0.25, -0.2) is 0 Å². The van der Waals surface area contributed by atoms with Crippen LogP contribution in [-0.4, -0.2) is 18.4 Å². The summed E-state index contributed by atoms with van der Waals surface area (Å²) >= 11 is 1.74. The molecule has 3 rings (SSSR count). The molecule has 0 radical (unpaired) electrons. The van der Waals surface area contributed by atoms with Crippen LogP contribution in [0.15, 0.2) is 35.7 Å². The van der Waals surface area contributed by atoms with Crippen LogP contribution in [-0.2, 0) is 15.0 Å². The summed E-state index contributed by atoms with van der Waals surface area (Å²) in [4.78, 5) is 26.1. The van der Waals surface area contributed by atoms with Gasteiger partial charge in [0.2, 0.25) is 0 Å². The third-order valence-corrected chi connectivity index (χ3v) is 6.48. The number of nitrogens with one attached hydrogen (secondary N) is 2. The first-order valence-electron chi connectivity index (χ1n) is 9.21. The molecule has 0 unspecified atom stereocenters. The number of rotatable bonds is 4. The lowest BCUT2D eigenvalue weighted by molar-refractivity contribution is -0.136. The molecule has 1 aliphatic rings. The summed E-state index contributed by atoms with van der Waals surface area (Å²) in [5.74, 6) is -1.16. The van der Waals surface area contributed by atoms with Gasteiger partial charge in [-0.15, -0.1) is 11.3 Å². The molecule has 1 fully saturated rings. The zero-order valence-corrected chi connectivity index (χ0v) is 16.2. The molecular formula is C21H26N2O2S. The van der Waals surface area contributed by atoms with Crippen LogP contribution in [0.3, 0.4) is 0 Å². The van der Waals surface area contributed by atoms with E-state index < -0.39 is 11.8 Å². The number of carbonyl (C=O) groups is 2. The predicted octanol–water partition coefficient (Wildman–Crippen LogP) is 4.32. The lowest BCUT2D eigenvalue weighted by Gasteiger charge is -2.36. The number of benzene rings is 1. The monoisotopic (exact) mass is 370 g/mol. The van der Waals surface area contributed by atoms with Crippen LogP contribution in [0.2, 0.25) is 0 Å². The highest BCUT2D eigenvalue weighted by Crippen LogP contribution is 2.41. The van der Waals surface area contributed by atoms with Gasteiger partial charge in [-0.3, -0.25) is 9.59 Å². The topological polar surface area (TPSA) is 58.2 Å². The van der Waals surface area contributed by atoms with Crippen molar-refractivity contribution in [3.8, 4) is 0 Å². The molecule has 1 heterocycles. The van der Waals surface area contributed by atoms with Crippen molar-refractivity contribution in [1.82, 2.24) is 5.32 Å². The van der Waals surface area contributed by atoms with E-state index in [4.69, 9.17) is 0 Å². The second-order valence-corrected chi connectivity index (χ2v) is 8.17. The number of carbonyl (C=O) groups excluding carboxylic acids is 2. The van der Waals surface area contributed by atoms with Crippen molar-refractivity contribution in [2.24, 2.45) is 0 Å². The lowest BCUT2D eigenvalue weighted by Crippen LogP contribution is -2.45. The second kappa shape index (κ2) is 8.04. The van der Waals surface area contributed by atoms with E-state index in [0.29, 0.717) is 6.54 Å². The molecule has 0 spiro atoms. The maximum atomic E-state index is 12.4. The molecule has 5 heteroatoms. The molecule has 0 bridgehead atoms. The Balaban J connectivity index is 1.66. The van der Waals surface area contributed by atoms with Gasteiger partial charge >= 0.3 is 11.8 Å². The summed E-state index contributed by atoms with van der Waals surface area (Å²) < 4.78 is 0. The van der Waals surface area contributed by atoms with Gasteiger partial charge in [-0.05, 0) is 49.3 Å². The molecule has 0 aliphatic heterocycles. The van der Waals surface area contributed by atoms with Gasteiger partial charge in [0.1, 0.15) is 0 Å². The summed E-state index contributed by atoms with van der Waals surface area (Å²) in [5, 5.41) is 7.75. The fourth-order valence-corrected chi connectivity index (χ4v) is 4.82. The van der Waals surface area contributed by atoms with Crippen LogP contribution >= 0.6 is 11.3 Å². The van der Waals surface area contributed by atoms with Gasteiger partial charge in [-0.2, -0.15) is 0 Å². The molecule has 4 nitrogen and oxygen atoms in total. The smallest absolute Gasteiger partial charge is 0.313 e. The first kappa shape index (κ1) is 18.6. The van der Waals surface area contributed by atoms with Crippen LogP contribution < -0.4 is 10.6 Å². The molecule has 2 N–H and O–H groups in total. The van der Waals surface area contributed by atoms with Gasteiger partial charge in [0, 0.05) is 22.5 Å². The van der Waals surface area contributed by atoms with Crippen molar-refractivity contribution in [1.29, 1.82) is 0 Å². The lowest BCUT2D eigenvalue weighted by atomic mass is 9.73. The average molecular weight is 371 g/mol. The van der Waals surface area contributed by atoms with E-state index in [9.17, 15) is 9.59 Å². The number of aryl methyl sites for hydroxylation is 2. The zero-order valence-electron chi connectivity index (χ0n) is 15.4. The summed E-state index contributed by atoms with van der Waals surface area (Å²) in [6.45, 7) is 4.37. The highest BCUT2D eigenvalue weighted by molar-refractivity contribution is 7.10. The number of hydrogen-bond acceptors (Lipinski definition) is 3. The van der Waals surface area contributed by atoms with E-state index >= 15 is 0 Å². The standard InChI is InChI=1S/C21H26N2O2S/c1-15-8-6-9-16(2)18(15)23-20(25)19(24)22-14-21(11-4-3-5-12-21)17-10-7-13-26-17/h6-10,13H,3-5,11-12,14H2,1-2H3,(H,22,24)(H,23,25). The molecule has 138 valence electrons. The molecule has 1 aromatic carbocycles. The molecule has 1 aromatic heterocycles. The second-order valence-electron chi connectivity index (χ2n) is 7.22. The molecule has 26 heavy (non-hydrogen) atoms. The van der Waals surface area contributed by atoms with E-state index in [0.717, 1.165) is 29.7 Å². The van der Waals surface area contributed by atoms with Crippen molar-refractivity contribution >= 4 is 28.8 Å². The first-order valence-corrected chi connectivity index (χ1v) is 10.1. The maximum Gasteiger partial charge on any atom is 0.313 e. The summed E-state index contributed by atoms with van der Waals surface area (Å²) in [7, 11) is 0. The van der Waals surface area contributed by atoms with Crippen LogP contribution in [0.5, 0.6) is 0 Å². The van der Waals surface area contributed by atoms with E-state index in [1.807, 2.05) is 32.0 Å². The summed E-state index contributed by atoms with van der Waals surface area (Å²) in [6, 6.07) is 10.0. The maximum absolute atomic E-state index is 12.4. The predicted molar refractivity (Wildman–Crippen MR) is 107 cm³/mol. The number of anilines is 1. The van der Waals surface area contributed by atoms with Gasteiger partial charge in [0.25, 0.3) is 0 Å². The molecule has 0 atom stereocenters. The molecular weight excluding hydrogens is 344 g/mol. The van der Waals surface area contributed by atoms with Gasteiger partial charge in [0.15, 0.2) is 0 Å². The Labute approximate surface area is 159 Å². The van der Waals surface area contributed by atoms with Crippen LogP contribution in [0, 0.1) is 13.8 Å². The Kier molecular flexibility index (Phi) is 5.77. The third kappa shape index (κ3) is 3.98. The van der Waals surface area contributed by atoms with E-state index in [1.54, 1.807) is 11.3 Å². The van der Waals surface area contributed by atoms with Crippen molar-refractivity contribution in [3.63, 3.8) is 0 Å². The minimum absolute atomic E-state index is 0.0268. The Hall–Kier alpha value is -2.14. The zero-order chi connectivity index (χ0) is 18.6. The quantitative estimate of drug-likeness (QED) is 0.788. The number of thiophene rings is 1. The Morgan fingerprint density at radius 1 is 1.00 bits per heavy atom. The molecule has 2 amide bonds. The van der Waals surface area contributed by atoms with Gasteiger partial charge in [-0.1, -0.05) is 43.5 Å². The Morgan fingerprint density at radius 3 is 2.31 bits per heavy atom. The van der Waals surface area contributed by atoms with Crippen molar-refractivity contribution in [2.75, 3.05) is 11.9 Å². The summed E-state index contributed by atoms with van der Waals surface area (Å²) in [6.07, 6.45) is 5.71. The normalized spacial score (nSPS) is 16.1. The van der Waals surface area contributed by atoms with Crippen molar-refractivity contribution in [2.45, 2.75) is 51.4 Å². The number of para-hydroxylation sites is 1. The number of hydrogen-bond donors (Lipinski definition) is 2. The third-order valence-electron chi connectivity index (χ3n) is 5.37. The van der Waals surface area contributed by atoms with Crippen LogP contribution in [0.1, 0.15) is 48.1 Å². The van der Waals surface area contributed by atoms with Gasteiger partial charge < -0.3 is 10.6 Å². The van der Waals surface area contributed by atoms with Crippen molar-refractivity contribution in [3.05, 3.63) is 51.7 Å². The largest absolute Gasteiger partial charge is 0.347 e.